The van der Waals surface area contributed by atoms with Crippen molar-refractivity contribution in [1.29, 1.82) is 0 Å². The van der Waals surface area contributed by atoms with Crippen LogP contribution in [0.2, 0.25) is 0 Å². The normalized spacial score (nSPS) is 36.0. The number of morpholine rings is 1. The zero-order valence-electron chi connectivity index (χ0n) is 18.3. The minimum Gasteiger partial charge on any atom is -0.369 e. The third kappa shape index (κ3) is 4.23. The van der Waals surface area contributed by atoms with E-state index in [4.69, 9.17) is 10.5 Å². The number of nitrogens with two attached hydrogens (primary N) is 1. The topological polar surface area (TPSA) is 97.5 Å². The predicted molar refractivity (Wildman–Crippen MR) is 111 cm³/mol. The molecule has 2 amide bonds. The number of nitrogens with zero attached hydrogens (tertiary/aromatic N) is 2. The van der Waals surface area contributed by atoms with Crippen LogP contribution in [0.4, 0.5) is 13.2 Å². The smallest absolute Gasteiger partial charge is 0.369 e. The standard InChI is InChI=1S/C23H29F3N4O3/c24-23(25,26)17-1-2-28-10-16(17)11-30-3-4-33-18(12-30)20(31)29-19-14-5-13-6-15(19)9-22(7-13,8-14)21(27)32/h1-2,10,13-15,18-19H,3-9,11-12H2,(H2,27,32)(H,29,31)/t13?,14?,15?,18-,19?,22?/m1/s1. The average Bonchev–Trinajstić information content (AvgIpc) is 2.75. The second-order valence-corrected chi connectivity index (χ2v) is 10.3. The second-order valence-electron chi connectivity index (χ2n) is 10.3. The summed E-state index contributed by atoms with van der Waals surface area (Å²) in [6.45, 7) is 0.971. The van der Waals surface area contributed by atoms with Gasteiger partial charge in [-0.05, 0) is 61.5 Å². The summed E-state index contributed by atoms with van der Waals surface area (Å²) in [5, 5.41) is 3.17. The maximum absolute atomic E-state index is 13.3. The Kier molecular flexibility index (Phi) is 5.63. The molecule has 0 aromatic carbocycles. The van der Waals surface area contributed by atoms with Crippen LogP contribution in [0, 0.1) is 23.2 Å². The Labute approximate surface area is 190 Å². The molecular weight excluding hydrogens is 437 g/mol. The molecule has 1 aromatic rings. The number of carbonyl (C=O) groups excluding carboxylic acids is 2. The number of pyridine rings is 1. The molecule has 5 fully saturated rings. The van der Waals surface area contributed by atoms with Crippen LogP contribution in [0.15, 0.2) is 18.5 Å². The molecule has 0 radical (unpaired) electrons. The summed E-state index contributed by atoms with van der Waals surface area (Å²) in [6, 6.07) is 0.973. The molecule has 1 aromatic heterocycles. The van der Waals surface area contributed by atoms with Crippen LogP contribution in [-0.2, 0) is 27.0 Å². The van der Waals surface area contributed by atoms with Crippen LogP contribution < -0.4 is 11.1 Å². The lowest BCUT2D eigenvalue weighted by Gasteiger charge is -2.59. The second kappa shape index (κ2) is 8.23. The maximum Gasteiger partial charge on any atom is 0.416 e. The van der Waals surface area contributed by atoms with Crippen molar-refractivity contribution in [1.82, 2.24) is 15.2 Å². The quantitative estimate of drug-likeness (QED) is 0.693. The number of primary amides is 1. The molecule has 2 heterocycles. The lowest BCUT2D eigenvalue weighted by Crippen LogP contribution is -2.63. The fraction of sp³-hybridized carbons (Fsp3) is 0.696. The van der Waals surface area contributed by atoms with Gasteiger partial charge in [-0.15, -0.1) is 0 Å². The van der Waals surface area contributed by atoms with Crippen molar-refractivity contribution in [2.45, 2.75) is 57.0 Å². The van der Waals surface area contributed by atoms with Crippen molar-refractivity contribution in [3.05, 3.63) is 29.6 Å². The van der Waals surface area contributed by atoms with Gasteiger partial charge in [0.25, 0.3) is 5.91 Å². The summed E-state index contributed by atoms with van der Waals surface area (Å²) in [4.78, 5) is 30.9. The highest BCUT2D eigenvalue weighted by molar-refractivity contribution is 5.83. The minimum atomic E-state index is -4.46. The zero-order valence-corrected chi connectivity index (χ0v) is 18.3. The van der Waals surface area contributed by atoms with Crippen molar-refractivity contribution < 1.29 is 27.5 Å². The zero-order chi connectivity index (χ0) is 23.4. The van der Waals surface area contributed by atoms with Gasteiger partial charge in [0.2, 0.25) is 5.91 Å². The summed E-state index contributed by atoms with van der Waals surface area (Å²) in [6.07, 6.45) is 1.47. The van der Waals surface area contributed by atoms with E-state index >= 15 is 0 Å². The van der Waals surface area contributed by atoms with Crippen LogP contribution in [0.25, 0.3) is 0 Å². The first-order chi connectivity index (χ1) is 15.6. The van der Waals surface area contributed by atoms with E-state index in [0.717, 1.165) is 44.4 Å². The Morgan fingerprint density at radius 2 is 1.97 bits per heavy atom. The fourth-order valence-electron chi connectivity index (χ4n) is 6.89. The number of halogens is 3. The van der Waals surface area contributed by atoms with Gasteiger partial charge >= 0.3 is 6.18 Å². The third-order valence-corrected chi connectivity index (χ3v) is 8.15. The molecule has 4 bridgehead atoms. The number of amides is 2. The molecule has 5 aliphatic rings. The summed E-state index contributed by atoms with van der Waals surface area (Å²) in [7, 11) is 0. The molecule has 4 aliphatic carbocycles. The van der Waals surface area contributed by atoms with Gasteiger partial charge in [0, 0.05) is 43.5 Å². The third-order valence-electron chi connectivity index (χ3n) is 8.15. The number of hydrogen-bond donors (Lipinski definition) is 2. The number of carbonyl (C=O) groups is 2. The summed E-state index contributed by atoms with van der Waals surface area (Å²) in [5.74, 6) is 0.514. The van der Waals surface area contributed by atoms with Crippen molar-refractivity contribution in [3.8, 4) is 0 Å². The molecule has 3 atom stereocenters. The van der Waals surface area contributed by atoms with Crippen LogP contribution in [0.5, 0.6) is 0 Å². The van der Waals surface area contributed by atoms with Crippen molar-refractivity contribution in [2.75, 3.05) is 19.7 Å². The first-order valence-corrected chi connectivity index (χ1v) is 11.6. The number of ether oxygens (including phenoxy) is 1. The molecule has 0 spiro atoms. The van der Waals surface area contributed by atoms with Gasteiger partial charge in [-0.1, -0.05) is 0 Å². The van der Waals surface area contributed by atoms with Gasteiger partial charge in [-0.25, -0.2) is 0 Å². The van der Waals surface area contributed by atoms with Crippen LogP contribution in [0.3, 0.4) is 0 Å². The highest BCUT2D eigenvalue weighted by atomic mass is 19.4. The van der Waals surface area contributed by atoms with Crippen LogP contribution in [-0.4, -0.2) is 53.5 Å². The molecule has 2 unspecified atom stereocenters. The highest BCUT2D eigenvalue weighted by Gasteiger charge is 2.58. The number of aromatic nitrogens is 1. The number of alkyl halides is 3. The molecule has 3 N–H and O–H groups in total. The monoisotopic (exact) mass is 466 g/mol. The van der Waals surface area contributed by atoms with E-state index in [1.807, 2.05) is 0 Å². The Morgan fingerprint density at radius 1 is 1.24 bits per heavy atom. The van der Waals surface area contributed by atoms with Crippen molar-refractivity contribution in [3.63, 3.8) is 0 Å². The Balaban J connectivity index is 1.23. The largest absolute Gasteiger partial charge is 0.416 e. The van der Waals surface area contributed by atoms with Gasteiger partial charge < -0.3 is 15.8 Å². The molecule has 1 saturated heterocycles. The lowest BCUT2D eigenvalue weighted by atomic mass is 9.47. The van der Waals surface area contributed by atoms with Crippen LogP contribution in [0.1, 0.15) is 43.2 Å². The van der Waals surface area contributed by atoms with Crippen molar-refractivity contribution >= 4 is 11.8 Å². The van der Waals surface area contributed by atoms with E-state index in [0.29, 0.717) is 12.5 Å². The van der Waals surface area contributed by atoms with Crippen molar-refractivity contribution in [2.24, 2.45) is 28.9 Å². The van der Waals surface area contributed by atoms with E-state index in [2.05, 4.69) is 10.3 Å². The average molecular weight is 467 g/mol. The summed E-state index contributed by atoms with van der Waals surface area (Å²) < 4.78 is 45.7. The molecule has 180 valence electrons. The van der Waals surface area contributed by atoms with Gasteiger partial charge in [-0.3, -0.25) is 19.5 Å². The fourth-order valence-corrected chi connectivity index (χ4v) is 6.89. The molecule has 33 heavy (non-hydrogen) atoms. The number of hydrogen-bond acceptors (Lipinski definition) is 5. The Bertz CT molecular complexity index is 924. The Morgan fingerprint density at radius 3 is 2.64 bits per heavy atom. The van der Waals surface area contributed by atoms with E-state index in [1.54, 1.807) is 4.90 Å². The van der Waals surface area contributed by atoms with Gasteiger partial charge in [-0.2, -0.15) is 13.2 Å². The van der Waals surface area contributed by atoms with Gasteiger partial charge in [0.1, 0.15) is 6.10 Å². The van der Waals surface area contributed by atoms with E-state index in [-0.39, 0.29) is 55.0 Å². The lowest BCUT2D eigenvalue weighted by molar-refractivity contribution is -0.151. The van der Waals surface area contributed by atoms with Gasteiger partial charge in [0.05, 0.1) is 12.2 Å². The maximum atomic E-state index is 13.3. The first kappa shape index (κ1) is 22.6. The first-order valence-electron chi connectivity index (χ1n) is 11.6. The molecular formula is C23H29F3N4O3. The molecule has 4 saturated carbocycles. The number of rotatable bonds is 5. The molecule has 7 nitrogen and oxygen atoms in total. The SMILES string of the molecule is NC(=O)C12CC3CC(C1)C(NC(=O)[C@H]1CN(Cc4cnccc4C(F)(F)F)CCO1)C(C3)C2. The van der Waals surface area contributed by atoms with Gasteiger partial charge in [0.15, 0.2) is 0 Å². The van der Waals surface area contributed by atoms with Crippen LogP contribution >= 0.6 is 0 Å². The van der Waals surface area contributed by atoms with E-state index < -0.39 is 23.3 Å². The summed E-state index contributed by atoms with van der Waals surface area (Å²) in [5.41, 5.74) is 4.70. The highest BCUT2D eigenvalue weighted by Crippen LogP contribution is 2.59. The Hall–Kier alpha value is -2.20. The molecule has 6 rings (SSSR count). The minimum absolute atomic E-state index is 0.00402. The molecule has 10 heteroatoms. The predicted octanol–water partition coefficient (Wildman–Crippen LogP) is 2.10. The summed E-state index contributed by atoms with van der Waals surface area (Å²) >= 11 is 0. The molecule has 1 aliphatic heterocycles. The van der Waals surface area contributed by atoms with E-state index in [1.165, 1.54) is 6.20 Å². The number of nitrogens with one attached hydrogen (secondary N) is 1. The van der Waals surface area contributed by atoms with E-state index in [9.17, 15) is 22.8 Å².